The van der Waals surface area contributed by atoms with Gasteiger partial charge >= 0.3 is 5.97 Å². The van der Waals surface area contributed by atoms with E-state index in [1.54, 1.807) is 0 Å². The van der Waals surface area contributed by atoms with Gasteiger partial charge in [-0.15, -0.1) is 0 Å². The van der Waals surface area contributed by atoms with Gasteiger partial charge in [-0.2, -0.15) is 0 Å². The van der Waals surface area contributed by atoms with Crippen molar-refractivity contribution in [3.05, 3.63) is 39.8 Å². The minimum atomic E-state index is -1.67. The van der Waals surface area contributed by atoms with Crippen LogP contribution in [-0.4, -0.2) is 57.6 Å². The maximum absolute atomic E-state index is 13.6. The summed E-state index contributed by atoms with van der Waals surface area (Å²) in [5.74, 6) is -5.15. The number of benzene rings is 1. The average Bonchev–Trinajstić information content (AvgIpc) is 3.02. The van der Waals surface area contributed by atoms with Crippen molar-refractivity contribution in [3.63, 3.8) is 0 Å². The second-order valence-electron chi connectivity index (χ2n) is 7.91. The highest BCUT2D eigenvalue weighted by atomic mass is 16.5. The molecule has 1 aromatic rings. The zero-order chi connectivity index (χ0) is 24.8. The predicted molar refractivity (Wildman–Crippen MR) is 112 cm³/mol. The van der Waals surface area contributed by atoms with E-state index in [0.29, 0.717) is 0 Å². The first-order valence-electron chi connectivity index (χ1n) is 9.84. The Balaban J connectivity index is 2.07. The van der Waals surface area contributed by atoms with Gasteiger partial charge in [0, 0.05) is 17.3 Å². The van der Waals surface area contributed by atoms with Crippen LogP contribution in [0.15, 0.2) is 23.1 Å². The third-order valence-corrected chi connectivity index (χ3v) is 5.71. The van der Waals surface area contributed by atoms with Gasteiger partial charge in [0.1, 0.15) is 40.5 Å². The smallest absolute Gasteiger partial charge is 0.322 e. The summed E-state index contributed by atoms with van der Waals surface area (Å²) in [7, 11) is 0. The first-order valence-corrected chi connectivity index (χ1v) is 9.84. The molecule has 1 atom stereocenters. The molecule has 0 radical (unpaired) electrons. The third kappa shape index (κ3) is 3.60. The number of allylic oxidation sites excluding steroid dienone is 4. The molecule has 3 rings (SSSR count). The first-order chi connectivity index (χ1) is 15.3. The SMILES string of the molecule is CC(=O)c1c(O)c(C)c(O)c2c1OC1=CC(=O)/C(=C(/C)NCC(=O)NCC(=O)O)C(=O)[C@@]12C. The second kappa shape index (κ2) is 8.08. The Kier molecular flexibility index (Phi) is 5.76. The fraction of sp³-hybridized carbons (Fsp3) is 0.318. The monoisotopic (exact) mass is 458 g/mol. The lowest BCUT2D eigenvalue weighted by molar-refractivity contribution is -0.137. The Labute approximate surface area is 187 Å². The highest BCUT2D eigenvalue weighted by Gasteiger charge is 2.56. The maximum Gasteiger partial charge on any atom is 0.322 e. The molecule has 1 aliphatic carbocycles. The summed E-state index contributed by atoms with van der Waals surface area (Å²) in [6, 6.07) is 0. The predicted octanol–water partition coefficient (Wildman–Crippen LogP) is 0.359. The number of fused-ring (bicyclic) bond motifs is 3. The molecule has 0 bridgehead atoms. The van der Waals surface area contributed by atoms with E-state index >= 15 is 0 Å². The van der Waals surface area contributed by atoms with Crippen molar-refractivity contribution < 1.29 is 44.0 Å². The average molecular weight is 458 g/mol. The van der Waals surface area contributed by atoms with E-state index in [1.807, 2.05) is 0 Å². The largest absolute Gasteiger partial charge is 0.507 e. The van der Waals surface area contributed by atoms with Crippen molar-refractivity contribution in [2.75, 3.05) is 13.1 Å². The number of amides is 1. The summed E-state index contributed by atoms with van der Waals surface area (Å²) >= 11 is 0. The van der Waals surface area contributed by atoms with Crippen LogP contribution in [0.25, 0.3) is 0 Å². The molecule has 33 heavy (non-hydrogen) atoms. The number of nitrogens with one attached hydrogen (secondary N) is 2. The van der Waals surface area contributed by atoms with Gasteiger partial charge in [-0.25, -0.2) is 0 Å². The van der Waals surface area contributed by atoms with Crippen molar-refractivity contribution in [1.82, 2.24) is 10.6 Å². The first kappa shape index (κ1) is 23.5. The summed E-state index contributed by atoms with van der Waals surface area (Å²) in [4.78, 5) is 60.8. The number of ketones is 3. The van der Waals surface area contributed by atoms with Crippen LogP contribution < -0.4 is 15.4 Å². The van der Waals surface area contributed by atoms with E-state index in [0.717, 1.165) is 6.08 Å². The summed E-state index contributed by atoms with van der Waals surface area (Å²) in [5.41, 5.74) is -2.19. The molecule has 0 fully saturated rings. The van der Waals surface area contributed by atoms with E-state index < -0.39 is 59.2 Å². The van der Waals surface area contributed by atoms with Gasteiger partial charge in [0.2, 0.25) is 5.91 Å². The summed E-state index contributed by atoms with van der Waals surface area (Å²) in [6.45, 7) is 4.41. The Bertz CT molecular complexity index is 1210. The number of aromatic hydroxyl groups is 2. The number of carbonyl (C=O) groups excluding carboxylic acids is 4. The van der Waals surface area contributed by atoms with E-state index in [2.05, 4.69) is 10.6 Å². The van der Waals surface area contributed by atoms with Crippen LogP contribution in [-0.2, 0) is 24.6 Å². The lowest BCUT2D eigenvalue weighted by Gasteiger charge is -2.29. The molecule has 0 spiro atoms. The Hall–Kier alpha value is -4.15. The molecule has 11 nitrogen and oxygen atoms in total. The molecule has 0 saturated heterocycles. The number of carboxylic acid groups (broad SMARTS) is 1. The second-order valence-corrected chi connectivity index (χ2v) is 7.91. The van der Waals surface area contributed by atoms with Gasteiger partial charge in [0.25, 0.3) is 0 Å². The molecular formula is C22H22N2O9. The van der Waals surface area contributed by atoms with Crippen LogP contribution in [0.2, 0.25) is 0 Å². The van der Waals surface area contributed by atoms with Crippen LogP contribution in [0.3, 0.4) is 0 Å². The van der Waals surface area contributed by atoms with Gasteiger partial charge in [0.15, 0.2) is 17.3 Å². The minimum Gasteiger partial charge on any atom is -0.507 e. The number of aliphatic carboxylic acids is 1. The summed E-state index contributed by atoms with van der Waals surface area (Å²) in [5, 5.41) is 34.5. The number of rotatable bonds is 6. The van der Waals surface area contributed by atoms with Crippen molar-refractivity contribution >= 4 is 29.2 Å². The van der Waals surface area contributed by atoms with Crippen molar-refractivity contribution in [2.45, 2.75) is 33.1 Å². The maximum atomic E-state index is 13.6. The van der Waals surface area contributed by atoms with Crippen LogP contribution >= 0.6 is 0 Å². The summed E-state index contributed by atoms with van der Waals surface area (Å²) < 4.78 is 5.66. The van der Waals surface area contributed by atoms with Crippen LogP contribution in [0.4, 0.5) is 0 Å². The number of hydrogen-bond donors (Lipinski definition) is 5. The van der Waals surface area contributed by atoms with E-state index in [-0.39, 0.29) is 39.5 Å². The molecule has 5 N–H and O–H groups in total. The standard InChI is InChI=1S/C22H22N2O9/c1-8-18(30)16(10(3)25)20-17(19(8)31)22(4)12(33-20)5-11(26)15(21(22)32)9(2)23-6-13(27)24-7-14(28)29/h5,23,30-31H,6-7H2,1-4H3,(H,24,27)(H,28,29)/b15-9+/t22-/m0/s1. The molecule has 1 amide bonds. The van der Waals surface area contributed by atoms with E-state index in [9.17, 15) is 34.2 Å². The Morgan fingerprint density at radius 1 is 1.06 bits per heavy atom. The van der Waals surface area contributed by atoms with Crippen molar-refractivity contribution in [3.8, 4) is 17.2 Å². The van der Waals surface area contributed by atoms with Crippen LogP contribution in [0, 0.1) is 6.92 Å². The number of Topliss-reactive ketones (excluding diaryl/α,β-unsaturated/α-hetero) is 2. The molecule has 1 heterocycles. The Morgan fingerprint density at radius 3 is 2.27 bits per heavy atom. The molecule has 0 aromatic heterocycles. The number of phenols is 2. The zero-order valence-electron chi connectivity index (χ0n) is 18.3. The van der Waals surface area contributed by atoms with Crippen molar-refractivity contribution in [2.24, 2.45) is 0 Å². The third-order valence-electron chi connectivity index (χ3n) is 5.71. The minimum absolute atomic E-state index is 0.0230. The molecular weight excluding hydrogens is 436 g/mol. The Morgan fingerprint density at radius 2 is 1.70 bits per heavy atom. The number of carboxylic acids is 1. The molecule has 174 valence electrons. The van der Waals surface area contributed by atoms with Gasteiger partial charge in [-0.3, -0.25) is 24.0 Å². The lowest BCUT2D eigenvalue weighted by atomic mass is 9.70. The van der Waals surface area contributed by atoms with Gasteiger partial charge in [-0.1, -0.05) is 0 Å². The fourth-order valence-electron chi connectivity index (χ4n) is 3.90. The fourth-order valence-corrected chi connectivity index (χ4v) is 3.90. The molecule has 11 heteroatoms. The van der Waals surface area contributed by atoms with E-state index in [4.69, 9.17) is 9.84 Å². The zero-order valence-corrected chi connectivity index (χ0v) is 18.3. The van der Waals surface area contributed by atoms with Gasteiger partial charge in [-0.05, 0) is 27.7 Å². The topological polar surface area (TPSA) is 179 Å². The van der Waals surface area contributed by atoms with Crippen LogP contribution in [0.5, 0.6) is 17.2 Å². The number of carbonyl (C=O) groups is 5. The molecule has 0 unspecified atom stereocenters. The highest BCUT2D eigenvalue weighted by molar-refractivity contribution is 6.31. The number of phenolic OH excluding ortho intramolecular Hbond substituents is 2. The lowest BCUT2D eigenvalue weighted by Crippen LogP contribution is -2.42. The molecule has 2 aliphatic rings. The van der Waals surface area contributed by atoms with Gasteiger partial charge < -0.3 is 30.7 Å². The number of hydrogen-bond acceptors (Lipinski definition) is 9. The van der Waals surface area contributed by atoms with Gasteiger partial charge in [0.05, 0.1) is 17.7 Å². The quantitative estimate of drug-likeness (QED) is 0.227. The highest BCUT2D eigenvalue weighted by Crippen LogP contribution is 2.57. The molecule has 0 saturated carbocycles. The number of ether oxygens (including phenoxy) is 1. The normalized spacial score (nSPS) is 20.3. The van der Waals surface area contributed by atoms with Crippen molar-refractivity contribution in [1.29, 1.82) is 0 Å². The van der Waals surface area contributed by atoms with Crippen LogP contribution in [0.1, 0.15) is 42.3 Å². The molecule has 1 aromatic carbocycles. The van der Waals surface area contributed by atoms with E-state index in [1.165, 1.54) is 27.7 Å². The summed E-state index contributed by atoms with van der Waals surface area (Å²) in [6.07, 6.45) is 1.06. The molecule has 1 aliphatic heterocycles.